The standard InChI is InChI=1S/C7H13BrO/c1-4-5(2)7(9)6(3)8/h5-6H,4H2,1-3H3. The molecule has 0 aliphatic carbocycles. The van der Waals surface area contributed by atoms with Crippen LogP contribution in [-0.2, 0) is 4.79 Å². The average molecular weight is 193 g/mol. The average Bonchev–Trinajstić information content (AvgIpc) is 1.84. The first kappa shape index (κ1) is 9.15. The smallest absolute Gasteiger partial charge is 0.148 e. The van der Waals surface area contributed by atoms with E-state index in [2.05, 4.69) is 15.9 Å². The molecule has 0 fully saturated rings. The first-order valence-corrected chi connectivity index (χ1v) is 4.19. The van der Waals surface area contributed by atoms with Gasteiger partial charge in [0.05, 0.1) is 4.83 Å². The first-order chi connectivity index (χ1) is 4.09. The van der Waals surface area contributed by atoms with E-state index in [4.69, 9.17) is 0 Å². The van der Waals surface area contributed by atoms with Gasteiger partial charge >= 0.3 is 0 Å². The fraction of sp³-hybridized carbons (Fsp3) is 0.857. The summed E-state index contributed by atoms with van der Waals surface area (Å²) in [6.07, 6.45) is 0.939. The van der Waals surface area contributed by atoms with E-state index in [1.54, 1.807) is 0 Å². The molecule has 54 valence electrons. The molecule has 2 heteroatoms. The van der Waals surface area contributed by atoms with Gasteiger partial charge in [0.1, 0.15) is 5.78 Å². The molecule has 2 atom stereocenters. The van der Waals surface area contributed by atoms with Crippen LogP contribution in [0, 0.1) is 5.92 Å². The highest BCUT2D eigenvalue weighted by atomic mass is 79.9. The third kappa shape index (κ3) is 2.99. The normalized spacial score (nSPS) is 16.9. The van der Waals surface area contributed by atoms with Gasteiger partial charge in [0.15, 0.2) is 0 Å². The van der Waals surface area contributed by atoms with Crippen molar-refractivity contribution in [1.82, 2.24) is 0 Å². The summed E-state index contributed by atoms with van der Waals surface area (Å²) in [4.78, 5) is 11.0. The molecule has 0 aromatic heterocycles. The van der Waals surface area contributed by atoms with Crippen molar-refractivity contribution in [2.45, 2.75) is 32.0 Å². The molecule has 1 nitrogen and oxygen atoms in total. The molecule has 0 amide bonds. The van der Waals surface area contributed by atoms with Crippen LogP contribution in [-0.4, -0.2) is 10.6 Å². The maximum atomic E-state index is 11.0. The van der Waals surface area contributed by atoms with Crippen LogP contribution in [0.2, 0.25) is 0 Å². The lowest BCUT2D eigenvalue weighted by Crippen LogP contribution is -2.17. The van der Waals surface area contributed by atoms with Gasteiger partial charge in [-0.2, -0.15) is 0 Å². The molecule has 0 heterocycles. The molecule has 0 aliphatic heterocycles. The van der Waals surface area contributed by atoms with E-state index in [0.717, 1.165) is 6.42 Å². The van der Waals surface area contributed by atoms with E-state index in [9.17, 15) is 4.79 Å². The summed E-state index contributed by atoms with van der Waals surface area (Å²) >= 11 is 3.23. The minimum atomic E-state index is 0.0208. The highest BCUT2D eigenvalue weighted by Gasteiger charge is 2.14. The molecule has 0 spiro atoms. The molecule has 0 aromatic carbocycles. The van der Waals surface area contributed by atoms with Gasteiger partial charge in [-0.05, 0) is 13.3 Å². The zero-order chi connectivity index (χ0) is 7.44. The van der Waals surface area contributed by atoms with Gasteiger partial charge in [0, 0.05) is 5.92 Å². The first-order valence-electron chi connectivity index (χ1n) is 3.27. The van der Waals surface area contributed by atoms with Crippen molar-refractivity contribution in [3.8, 4) is 0 Å². The second-order valence-corrected chi connectivity index (χ2v) is 3.70. The maximum absolute atomic E-state index is 11.0. The number of carbonyl (C=O) groups excluding carboxylic acids is 1. The Labute approximate surface area is 65.0 Å². The molecule has 0 saturated heterocycles. The molecule has 9 heavy (non-hydrogen) atoms. The van der Waals surface area contributed by atoms with E-state index in [-0.39, 0.29) is 10.7 Å². The van der Waals surface area contributed by atoms with Crippen molar-refractivity contribution in [1.29, 1.82) is 0 Å². The fourth-order valence-corrected chi connectivity index (χ4v) is 1.04. The fourth-order valence-electron chi connectivity index (χ4n) is 0.593. The van der Waals surface area contributed by atoms with Gasteiger partial charge in [0.2, 0.25) is 0 Å². The lowest BCUT2D eigenvalue weighted by molar-refractivity contribution is -0.121. The Balaban J connectivity index is 3.73. The highest BCUT2D eigenvalue weighted by molar-refractivity contribution is 9.10. The molecule has 0 bridgehead atoms. The Morgan fingerprint density at radius 1 is 1.56 bits per heavy atom. The Hall–Kier alpha value is 0.150. The van der Waals surface area contributed by atoms with Crippen molar-refractivity contribution < 1.29 is 4.79 Å². The van der Waals surface area contributed by atoms with Crippen LogP contribution in [0.1, 0.15) is 27.2 Å². The Morgan fingerprint density at radius 2 is 2.00 bits per heavy atom. The summed E-state index contributed by atoms with van der Waals surface area (Å²) in [5.74, 6) is 0.511. The van der Waals surface area contributed by atoms with Crippen LogP contribution in [0.4, 0.5) is 0 Å². The molecular formula is C7H13BrO. The van der Waals surface area contributed by atoms with Crippen LogP contribution in [0.5, 0.6) is 0 Å². The van der Waals surface area contributed by atoms with Crippen LogP contribution in [0.15, 0.2) is 0 Å². The van der Waals surface area contributed by atoms with Crippen molar-refractivity contribution in [2.24, 2.45) is 5.92 Å². The number of halogens is 1. The second kappa shape index (κ2) is 4.04. The molecule has 0 radical (unpaired) electrons. The van der Waals surface area contributed by atoms with E-state index >= 15 is 0 Å². The second-order valence-electron chi connectivity index (χ2n) is 2.33. The molecule has 0 N–H and O–H groups in total. The van der Waals surface area contributed by atoms with Crippen molar-refractivity contribution in [2.75, 3.05) is 0 Å². The number of hydrogen-bond acceptors (Lipinski definition) is 1. The highest BCUT2D eigenvalue weighted by Crippen LogP contribution is 2.10. The zero-order valence-electron chi connectivity index (χ0n) is 6.15. The largest absolute Gasteiger partial charge is 0.298 e. The number of rotatable bonds is 3. The van der Waals surface area contributed by atoms with Crippen molar-refractivity contribution >= 4 is 21.7 Å². The summed E-state index contributed by atoms with van der Waals surface area (Å²) in [5, 5.41) is 0. The lowest BCUT2D eigenvalue weighted by atomic mass is 10.0. The monoisotopic (exact) mass is 192 g/mol. The topological polar surface area (TPSA) is 17.1 Å². The Bertz CT molecular complexity index is 99.1. The van der Waals surface area contributed by atoms with Gasteiger partial charge in [-0.25, -0.2) is 0 Å². The predicted octanol–water partition coefficient (Wildman–Crippen LogP) is 2.39. The van der Waals surface area contributed by atoms with E-state index in [1.165, 1.54) is 0 Å². The summed E-state index contributed by atoms with van der Waals surface area (Å²) in [6, 6.07) is 0. The SMILES string of the molecule is CCC(C)C(=O)C(C)Br. The molecule has 0 aliphatic rings. The quantitative estimate of drug-likeness (QED) is 0.629. The van der Waals surface area contributed by atoms with Gasteiger partial charge < -0.3 is 0 Å². The number of carbonyl (C=O) groups is 1. The summed E-state index contributed by atoms with van der Waals surface area (Å²) in [5.41, 5.74) is 0. The molecule has 0 saturated carbocycles. The molecule has 0 rings (SSSR count). The van der Waals surface area contributed by atoms with Gasteiger partial charge in [-0.3, -0.25) is 4.79 Å². The van der Waals surface area contributed by atoms with Crippen LogP contribution in [0.25, 0.3) is 0 Å². The van der Waals surface area contributed by atoms with E-state index in [1.807, 2.05) is 20.8 Å². The van der Waals surface area contributed by atoms with E-state index < -0.39 is 0 Å². The van der Waals surface area contributed by atoms with Crippen LogP contribution >= 0.6 is 15.9 Å². The minimum Gasteiger partial charge on any atom is -0.298 e. The van der Waals surface area contributed by atoms with Gasteiger partial charge in [-0.15, -0.1) is 0 Å². The van der Waals surface area contributed by atoms with Gasteiger partial charge in [0.25, 0.3) is 0 Å². The van der Waals surface area contributed by atoms with Gasteiger partial charge in [-0.1, -0.05) is 29.8 Å². The minimum absolute atomic E-state index is 0.0208. The number of alkyl halides is 1. The third-order valence-corrected chi connectivity index (χ3v) is 1.94. The van der Waals surface area contributed by atoms with Crippen molar-refractivity contribution in [3.05, 3.63) is 0 Å². The van der Waals surface area contributed by atoms with Crippen molar-refractivity contribution in [3.63, 3.8) is 0 Å². The number of Topliss-reactive ketones (excluding diaryl/α,β-unsaturated/α-hetero) is 1. The zero-order valence-corrected chi connectivity index (χ0v) is 7.73. The summed E-state index contributed by atoms with van der Waals surface area (Å²) in [7, 11) is 0. The lowest BCUT2D eigenvalue weighted by Gasteiger charge is -2.07. The molecule has 0 aromatic rings. The number of hydrogen-bond donors (Lipinski definition) is 0. The Kier molecular flexibility index (Phi) is 4.11. The maximum Gasteiger partial charge on any atom is 0.148 e. The van der Waals surface area contributed by atoms with Crippen LogP contribution < -0.4 is 0 Å². The summed E-state index contributed by atoms with van der Waals surface area (Å²) in [6.45, 7) is 5.85. The predicted molar refractivity (Wildman–Crippen MR) is 42.9 cm³/mol. The number of ketones is 1. The summed E-state index contributed by atoms with van der Waals surface area (Å²) < 4.78 is 0. The molecule has 2 unspecified atom stereocenters. The molecular weight excluding hydrogens is 180 g/mol. The van der Waals surface area contributed by atoms with Crippen LogP contribution in [0.3, 0.4) is 0 Å². The van der Waals surface area contributed by atoms with E-state index in [0.29, 0.717) is 5.78 Å². The third-order valence-electron chi connectivity index (χ3n) is 1.49. The Morgan fingerprint density at radius 3 is 2.11 bits per heavy atom.